The molecule has 0 radical (unpaired) electrons. The van der Waals surface area contributed by atoms with E-state index in [1.54, 1.807) is 6.92 Å². The molecule has 0 atom stereocenters. The molecule has 74 valence electrons. The smallest absolute Gasteiger partial charge is 0.316 e. The van der Waals surface area contributed by atoms with Gasteiger partial charge in [-0.3, -0.25) is 4.79 Å². The Bertz CT molecular complexity index is 194. The van der Waals surface area contributed by atoms with Gasteiger partial charge in [-0.25, -0.2) is 0 Å². The van der Waals surface area contributed by atoms with Crippen LogP contribution < -0.4 is 0 Å². The number of hydrogen-bond donors (Lipinski definition) is 0. The highest BCUT2D eigenvalue weighted by atomic mass is 16.7. The molecule has 0 aromatic heterocycles. The predicted molar refractivity (Wildman–Crippen MR) is 46.0 cm³/mol. The van der Waals surface area contributed by atoms with E-state index in [9.17, 15) is 4.79 Å². The lowest BCUT2D eigenvalue weighted by Crippen LogP contribution is -2.42. The molecule has 4 nitrogen and oxygen atoms in total. The van der Waals surface area contributed by atoms with E-state index in [4.69, 9.17) is 14.2 Å². The maximum Gasteiger partial charge on any atom is 0.316 e. The van der Waals surface area contributed by atoms with Crippen LogP contribution in [0.3, 0.4) is 0 Å². The third-order valence-electron chi connectivity index (χ3n) is 1.83. The average molecular weight is 186 g/mol. The molecule has 1 heterocycles. The van der Waals surface area contributed by atoms with Crippen molar-refractivity contribution in [2.45, 2.75) is 6.92 Å². The Morgan fingerprint density at radius 3 is 2.77 bits per heavy atom. The van der Waals surface area contributed by atoms with Crippen molar-refractivity contribution in [3.63, 3.8) is 0 Å². The van der Waals surface area contributed by atoms with Crippen molar-refractivity contribution in [1.29, 1.82) is 0 Å². The Balaban J connectivity index is 2.46. The third-order valence-corrected chi connectivity index (χ3v) is 1.83. The van der Waals surface area contributed by atoms with E-state index < -0.39 is 5.41 Å². The second-order valence-electron chi connectivity index (χ2n) is 3.26. The van der Waals surface area contributed by atoms with Crippen LogP contribution in [0.25, 0.3) is 0 Å². The van der Waals surface area contributed by atoms with Crippen LogP contribution in [0.15, 0.2) is 12.7 Å². The highest BCUT2D eigenvalue weighted by Crippen LogP contribution is 2.22. The van der Waals surface area contributed by atoms with Gasteiger partial charge in [-0.2, -0.15) is 0 Å². The fraction of sp³-hybridized carbons (Fsp3) is 0.667. The Kier molecular flexibility index (Phi) is 3.45. The van der Waals surface area contributed by atoms with Gasteiger partial charge in [0.1, 0.15) is 18.8 Å². The van der Waals surface area contributed by atoms with Crippen LogP contribution in [0.5, 0.6) is 0 Å². The van der Waals surface area contributed by atoms with E-state index in [0.29, 0.717) is 13.2 Å². The van der Waals surface area contributed by atoms with Crippen LogP contribution in [0.2, 0.25) is 0 Å². The van der Waals surface area contributed by atoms with E-state index in [1.807, 2.05) is 0 Å². The van der Waals surface area contributed by atoms with E-state index in [-0.39, 0.29) is 19.4 Å². The quantitative estimate of drug-likeness (QED) is 0.481. The zero-order valence-corrected chi connectivity index (χ0v) is 7.75. The molecular formula is C9H14O4. The lowest BCUT2D eigenvalue weighted by Gasteiger charge is -2.30. The average Bonchev–Trinajstić information content (AvgIpc) is 2.15. The van der Waals surface area contributed by atoms with E-state index in [0.717, 1.165) is 0 Å². The largest absolute Gasteiger partial charge is 0.461 e. The van der Waals surface area contributed by atoms with Crippen molar-refractivity contribution in [1.82, 2.24) is 0 Å². The first-order valence-corrected chi connectivity index (χ1v) is 4.13. The standard InChI is InChI=1S/C9H14O4/c1-3-4-13-8(10)9(2)5-11-7-12-6-9/h3H,1,4-7H2,2H3. The first-order chi connectivity index (χ1) is 6.19. The number of carbonyl (C=O) groups excluding carboxylic acids is 1. The van der Waals surface area contributed by atoms with E-state index >= 15 is 0 Å². The predicted octanol–water partition coefficient (Wildman–Crippen LogP) is 0.726. The minimum Gasteiger partial charge on any atom is -0.461 e. The zero-order valence-electron chi connectivity index (χ0n) is 7.75. The maximum absolute atomic E-state index is 11.4. The summed E-state index contributed by atoms with van der Waals surface area (Å²) in [6.07, 6.45) is 1.53. The number of rotatable bonds is 3. The van der Waals surface area contributed by atoms with Crippen molar-refractivity contribution in [2.75, 3.05) is 26.6 Å². The SMILES string of the molecule is C=CCOC(=O)C1(C)COCOC1. The van der Waals surface area contributed by atoms with Gasteiger partial charge in [0.2, 0.25) is 0 Å². The summed E-state index contributed by atoms with van der Waals surface area (Å²) in [5, 5.41) is 0. The number of ether oxygens (including phenoxy) is 3. The van der Waals surface area contributed by atoms with Crippen molar-refractivity contribution < 1.29 is 19.0 Å². The van der Waals surface area contributed by atoms with Gasteiger partial charge in [0.15, 0.2) is 0 Å². The fourth-order valence-corrected chi connectivity index (χ4v) is 1.06. The van der Waals surface area contributed by atoms with Crippen molar-refractivity contribution in [3.8, 4) is 0 Å². The van der Waals surface area contributed by atoms with Crippen LogP contribution in [0.1, 0.15) is 6.92 Å². The van der Waals surface area contributed by atoms with Crippen molar-refractivity contribution >= 4 is 5.97 Å². The second kappa shape index (κ2) is 4.39. The number of hydrogen-bond acceptors (Lipinski definition) is 4. The lowest BCUT2D eigenvalue weighted by molar-refractivity contribution is -0.190. The molecule has 0 aromatic rings. The third kappa shape index (κ3) is 2.54. The van der Waals surface area contributed by atoms with E-state index in [2.05, 4.69) is 6.58 Å². The Labute approximate surface area is 77.5 Å². The van der Waals surface area contributed by atoms with Crippen molar-refractivity contribution in [2.24, 2.45) is 5.41 Å². The van der Waals surface area contributed by atoms with Gasteiger partial charge >= 0.3 is 5.97 Å². The summed E-state index contributed by atoms with van der Waals surface area (Å²) in [7, 11) is 0. The van der Waals surface area contributed by atoms with Crippen LogP contribution in [0.4, 0.5) is 0 Å². The highest BCUT2D eigenvalue weighted by Gasteiger charge is 2.37. The molecule has 0 amide bonds. The van der Waals surface area contributed by atoms with Gasteiger partial charge in [0.05, 0.1) is 13.2 Å². The summed E-state index contributed by atoms with van der Waals surface area (Å²) in [5.74, 6) is -0.299. The molecule has 1 fully saturated rings. The second-order valence-corrected chi connectivity index (χ2v) is 3.26. The monoisotopic (exact) mass is 186 g/mol. The molecule has 0 aliphatic carbocycles. The summed E-state index contributed by atoms with van der Waals surface area (Å²) in [5.41, 5.74) is -0.665. The Hall–Kier alpha value is -0.870. The molecule has 0 spiro atoms. The normalized spacial score (nSPS) is 20.7. The minimum absolute atomic E-state index is 0.231. The van der Waals surface area contributed by atoms with Crippen LogP contribution in [-0.4, -0.2) is 32.6 Å². The van der Waals surface area contributed by atoms with Gasteiger partial charge < -0.3 is 14.2 Å². The molecule has 0 bridgehead atoms. The first-order valence-electron chi connectivity index (χ1n) is 4.13. The molecule has 0 N–H and O–H groups in total. The molecule has 4 heteroatoms. The Morgan fingerprint density at radius 1 is 1.62 bits per heavy atom. The minimum atomic E-state index is -0.665. The lowest BCUT2D eigenvalue weighted by atomic mass is 9.93. The van der Waals surface area contributed by atoms with E-state index in [1.165, 1.54) is 6.08 Å². The summed E-state index contributed by atoms with van der Waals surface area (Å²) in [4.78, 5) is 11.4. The molecule has 0 unspecified atom stereocenters. The van der Waals surface area contributed by atoms with Gasteiger partial charge in [0.25, 0.3) is 0 Å². The van der Waals surface area contributed by atoms with Crippen LogP contribution in [-0.2, 0) is 19.0 Å². The van der Waals surface area contributed by atoms with Crippen LogP contribution >= 0.6 is 0 Å². The topological polar surface area (TPSA) is 44.8 Å². The van der Waals surface area contributed by atoms with Gasteiger partial charge in [-0.05, 0) is 6.92 Å². The molecule has 1 rings (SSSR count). The zero-order chi connectivity index (χ0) is 9.73. The maximum atomic E-state index is 11.4. The van der Waals surface area contributed by atoms with Crippen molar-refractivity contribution in [3.05, 3.63) is 12.7 Å². The van der Waals surface area contributed by atoms with Gasteiger partial charge in [-0.1, -0.05) is 12.7 Å². The van der Waals surface area contributed by atoms with Crippen LogP contribution in [0, 0.1) is 5.41 Å². The fourth-order valence-electron chi connectivity index (χ4n) is 1.06. The highest BCUT2D eigenvalue weighted by molar-refractivity contribution is 5.76. The van der Waals surface area contributed by atoms with Gasteiger partial charge in [-0.15, -0.1) is 0 Å². The molecule has 1 saturated heterocycles. The summed E-state index contributed by atoms with van der Waals surface area (Å²) in [6.45, 7) is 6.41. The molecule has 1 aliphatic heterocycles. The molecular weight excluding hydrogens is 172 g/mol. The summed E-state index contributed by atoms with van der Waals surface area (Å²) >= 11 is 0. The molecule has 1 aliphatic rings. The number of carbonyl (C=O) groups is 1. The summed E-state index contributed by atoms with van der Waals surface area (Å²) < 4.78 is 15.0. The Morgan fingerprint density at radius 2 is 2.23 bits per heavy atom. The molecule has 0 saturated carbocycles. The van der Waals surface area contributed by atoms with Gasteiger partial charge in [0, 0.05) is 0 Å². The number of esters is 1. The summed E-state index contributed by atoms with van der Waals surface area (Å²) in [6, 6.07) is 0. The molecule has 13 heavy (non-hydrogen) atoms. The first kappa shape index (κ1) is 10.2. The molecule has 0 aromatic carbocycles.